The number of aromatic nitrogens is 3. The minimum atomic E-state index is -1.07. The number of aromatic hydroxyl groups is 1. The first-order valence-corrected chi connectivity index (χ1v) is 11.3. The predicted molar refractivity (Wildman–Crippen MR) is 130 cm³/mol. The number of aromatic amines is 1. The van der Waals surface area contributed by atoms with E-state index in [0.29, 0.717) is 5.56 Å². The van der Waals surface area contributed by atoms with E-state index >= 15 is 0 Å². The molecule has 0 radical (unpaired) electrons. The Balaban J connectivity index is 1.70. The molecule has 10 heteroatoms. The van der Waals surface area contributed by atoms with Gasteiger partial charge in [-0.15, -0.1) is 11.3 Å². The zero-order valence-corrected chi connectivity index (χ0v) is 19.4. The summed E-state index contributed by atoms with van der Waals surface area (Å²) in [6.45, 7) is 0. The van der Waals surface area contributed by atoms with E-state index in [4.69, 9.17) is 0 Å². The van der Waals surface area contributed by atoms with Gasteiger partial charge in [0, 0.05) is 31.5 Å². The molecule has 0 unspecified atom stereocenters. The van der Waals surface area contributed by atoms with Crippen molar-refractivity contribution < 1.29 is 14.7 Å². The van der Waals surface area contributed by atoms with E-state index in [1.807, 2.05) is 36.4 Å². The van der Waals surface area contributed by atoms with Gasteiger partial charge in [0.15, 0.2) is 5.13 Å². The first-order valence-electron chi connectivity index (χ1n) is 10.5. The van der Waals surface area contributed by atoms with Crippen LogP contribution in [-0.4, -0.2) is 50.5 Å². The molecule has 4 aromatic rings. The molecule has 0 aliphatic rings. The largest absolute Gasteiger partial charge is 0.493 e. The second-order valence-corrected chi connectivity index (χ2v) is 8.66. The molecule has 0 bridgehead atoms. The topological polar surface area (TPSA) is 120 Å². The summed E-state index contributed by atoms with van der Waals surface area (Å²) in [5, 5.41) is 15.4. The number of carbonyl (C=O) groups excluding carboxylic acids is 2. The van der Waals surface area contributed by atoms with Gasteiger partial charge in [0.25, 0.3) is 5.91 Å². The van der Waals surface area contributed by atoms with Crippen LogP contribution in [0, 0.1) is 0 Å². The number of H-pyrrole nitrogens is 1. The maximum absolute atomic E-state index is 13.4. The van der Waals surface area contributed by atoms with E-state index in [0.717, 1.165) is 21.5 Å². The molecule has 2 aromatic carbocycles. The minimum absolute atomic E-state index is 0.154. The standard InChI is InChI=1S/C24H23N5O4S/c1-28(2)21(31)17-14-34-23(25-17)27-20(30)18(13-15-9-5-3-6-10-15)29-22(32)19(26-24(29)33)16-11-7-4-8-12-16/h3-12,14,18,32H,13H2,1-2H3,(H,26,33)(H,25,27,30)/t18-/m0/s1. The molecular weight excluding hydrogens is 454 g/mol. The Kier molecular flexibility index (Phi) is 6.60. The van der Waals surface area contributed by atoms with Gasteiger partial charge in [0.1, 0.15) is 17.4 Å². The number of thiazole rings is 1. The molecule has 0 fully saturated rings. The Labute approximate surface area is 199 Å². The Morgan fingerprint density at radius 3 is 2.41 bits per heavy atom. The number of carbonyl (C=O) groups is 2. The van der Waals surface area contributed by atoms with Crippen molar-refractivity contribution in [2.45, 2.75) is 12.5 Å². The number of anilines is 1. The molecule has 3 N–H and O–H groups in total. The first kappa shape index (κ1) is 23.0. The molecular formula is C24H23N5O4S. The predicted octanol–water partition coefficient (Wildman–Crippen LogP) is 3.13. The quantitative estimate of drug-likeness (QED) is 0.378. The molecule has 0 aliphatic carbocycles. The summed E-state index contributed by atoms with van der Waals surface area (Å²) in [6.07, 6.45) is 0.154. The van der Waals surface area contributed by atoms with Crippen LogP contribution < -0.4 is 11.0 Å². The van der Waals surface area contributed by atoms with Crippen LogP contribution in [0.5, 0.6) is 5.88 Å². The van der Waals surface area contributed by atoms with Crippen molar-refractivity contribution in [2.24, 2.45) is 0 Å². The van der Waals surface area contributed by atoms with Gasteiger partial charge in [-0.1, -0.05) is 60.7 Å². The fraction of sp³-hybridized carbons (Fsp3) is 0.167. The van der Waals surface area contributed by atoms with E-state index in [1.54, 1.807) is 43.7 Å². The van der Waals surface area contributed by atoms with Crippen molar-refractivity contribution in [1.29, 1.82) is 0 Å². The van der Waals surface area contributed by atoms with E-state index in [2.05, 4.69) is 15.3 Å². The Hall–Kier alpha value is -4.18. The fourth-order valence-corrected chi connectivity index (χ4v) is 4.21. The van der Waals surface area contributed by atoms with Gasteiger partial charge in [-0.25, -0.2) is 14.3 Å². The number of hydrogen-bond acceptors (Lipinski definition) is 6. The van der Waals surface area contributed by atoms with Crippen LogP contribution in [0.1, 0.15) is 22.1 Å². The van der Waals surface area contributed by atoms with Crippen LogP contribution in [0.2, 0.25) is 0 Å². The lowest BCUT2D eigenvalue weighted by Crippen LogP contribution is -2.33. The zero-order chi connectivity index (χ0) is 24.2. The highest BCUT2D eigenvalue weighted by atomic mass is 32.1. The summed E-state index contributed by atoms with van der Waals surface area (Å²) in [6, 6.07) is 17.0. The molecule has 1 atom stereocenters. The van der Waals surface area contributed by atoms with Crippen LogP contribution in [0.4, 0.5) is 5.13 Å². The molecule has 4 rings (SSSR count). The Bertz CT molecular complexity index is 1360. The molecule has 0 saturated carbocycles. The number of rotatable bonds is 7. The van der Waals surface area contributed by atoms with Crippen LogP contribution in [0.3, 0.4) is 0 Å². The Morgan fingerprint density at radius 2 is 1.76 bits per heavy atom. The molecule has 34 heavy (non-hydrogen) atoms. The molecule has 174 valence electrons. The van der Waals surface area contributed by atoms with Crippen LogP contribution in [-0.2, 0) is 11.2 Å². The van der Waals surface area contributed by atoms with Crippen molar-refractivity contribution in [1.82, 2.24) is 19.4 Å². The van der Waals surface area contributed by atoms with E-state index < -0.39 is 17.6 Å². The average molecular weight is 478 g/mol. The molecule has 0 spiro atoms. The van der Waals surface area contributed by atoms with Crippen molar-refractivity contribution in [3.05, 3.63) is 87.8 Å². The zero-order valence-electron chi connectivity index (χ0n) is 18.6. The van der Waals surface area contributed by atoms with Crippen LogP contribution in [0.25, 0.3) is 11.3 Å². The summed E-state index contributed by atoms with van der Waals surface area (Å²) in [7, 11) is 3.22. The number of amides is 2. The van der Waals surface area contributed by atoms with Gasteiger partial charge in [0.05, 0.1) is 0 Å². The average Bonchev–Trinajstić information content (AvgIpc) is 3.42. The van der Waals surface area contributed by atoms with Gasteiger partial charge < -0.3 is 20.3 Å². The highest BCUT2D eigenvalue weighted by Crippen LogP contribution is 2.30. The van der Waals surface area contributed by atoms with Crippen LogP contribution >= 0.6 is 11.3 Å². The molecule has 2 amide bonds. The number of imidazole rings is 1. The molecule has 0 aliphatic heterocycles. The smallest absolute Gasteiger partial charge is 0.329 e. The van der Waals surface area contributed by atoms with Gasteiger partial charge in [-0.2, -0.15) is 0 Å². The lowest BCUT2D eigenvalue weighted by molar-refractivity contribution is -0.119. The summed E-state index contributed by atoms with van der Waals surface area (Å²) < 4.78 is 1.05. The maximum atomic E-state index is 13.4. The second-order valence-electron chi connectivity index (χ2n) is 7.80. The SMILES string of the molecule is CN(C)C(=O)c1csc(NC(=O)[C@H](Cc2ccccc2)n2c(O)c(-c3ccccc3)[nH]c2=O)n1. The molecule has 2 aromatic heterocycles. The van der Waals surface area contributed by atoms with Gasteiger partial charge >= 0.3 is 5.69 Å². The molecule has 0 saturated heterocycles. The van der Waals surface area contributed by atoms with Crippen molar-refractivity contribution in [3.8, 4) is 17.1 Å². The Morgan fingerprint density at radius 1 is 1.12 bits per heavy atom. The summed E-state index contributed by atoms with van der Waals surface area (Å²) in [5.41, 5.74) is 1.23. The first-order chi connectivity index (χ1) is 16.3. The van der Waals surface area contributed by atoms with Gasteiger partial charge in [0.2, 0.25) is 11.8 Å². The van der Waals surface area contributed by atoms with Crippen LogP contribution in [0.15, 0.2) is 70.8 Å². The van der Waals surface area contributed by atoms with Gasteiger partial charge in [-0.05, 0) is 5.56 Å². The van der Waals surface area contributed by atoms with E-state index in [-0.39, 0.29) is 34.7 Å². The third-order valence-corrected chi connectivity index (χ3v) is 5.97. The van der Waals surface area contributed by atoms with Crippen molar-refractivity contribution >= 4 is 28.3 Å². The highest BCUT2D eigenvalue weighted by Gasteiger charge is 2.29. The van der Waals surface area contributed by atoms with Gasteiger partial charge in [-0.3, -0.25) is 9.59 Å². The highest BCUT2D eigenvalue weighted by molar-refractivity contribution is 7.14. The molecule has 9 nitrogen and oxygen atoms in total. The minimum Gasteiger partial charge on any atom is -0.493 e. The monoisotopic (exact) mass is 477 g/mol. The molecule has 2 heterocycles. The fourth-order valence-electron chi connectivity index (χ4n) is 3.52. The third-order valence-electron chi connectivity index (χ3n) is 5.21. The third kappa shape index (κ3) is 4.76. The normalized spacial score (nSPS) is 11.7. The summed E-state index contributed by atoms with van der Waals surface area (Å²) >= 11 is 1.10. The lowest BCUT2D eigenvalue weighted by atomic mass is 10.0. The second kappa shape index (κ2) is 9.75. The number of hydrogen-bond donors (Lipinski definition) is 3. The van der Waals surface area contributed by atoms with E-state index in [1.165, 1.54) is 4.90 Å². The number of nitrogens with zero attached hydrogens (tertiary/aromatic N) is 3. The lowest BCUT2D eigenvalue weighted by Gasteiger charge is -2.18. The van der Waals surface area contributed by atoms with E-state index in [9.17, 15) is 19.5 Å². The number of nitrogens with one attached hydrogen (secondary N) is 2. The maximum Gasteiger partial charge on any atom is 0.329 e. The van der Waals surface area contributed by atoms with Crippen molar-refractivity contribution in [2.75, 3.05) is 19.4 Å². The summed E-state index contributed by atoms with van der Waals surface area (Å²) in [5.74, 6) is -1.17. The van der Waals surface area contributed by atoms with Crippen molar-refractivity contribution in [3.63, 3.8) is 0 Å². The summed E-state index contributed by atoms with van der Waals surface area (Å²) in [4.78, 5) is 46.6. The number of benzene rings is 2.